The summed E-state index contributed by atoms with van der Waals surface area (Å²) >= 11 is 0. The smallest absolute Gasteiger partial charge is 0.226 e. The molecule has 0 fully saturated rings. The van der Waals surface area contributed by atoms with Crippen molar-refractivity contribution >= 4 is 0 Å². The summed E-state index contributed by atoms with van der Waals surface area (Å²) in [6.07, 6.45) is 2.08. The maximum absolute atomic E-state index is 6.03. The molecule has 0 bridgehead atoms. The zero-order valence-electron chi connectivity index (χ0n) is 14.2. The summed E-state index contributed by atoms with van der Waals surface area (Å²) in [4.78, 5) is 4.72. The van der Waals surface area contributed by atoms with Crippen LogP contribution in [0.2, 0.25) is 0 Å². The molecule has 1 aromatic heterocycles. The van der Waals surface area contributed by atoms with Gasteiger partial charge >= 0.3 is 0 Å². The Bertz CT molecular complexity index is 585. The Hall–Kier alpha value is -1.57. The first-order valence-corrected chi connectivity index (χ1v) is 7.93. The van der Waals surface area contributed by atoms with E-state index in [0.29, 0.717) is 5.92 Å². The Balaban J connectivity index is 2.36. The average Bonchev–Trinajstić information content (AvgIpc) is 2.82. The molecule has 1 heterocycles. The summed E-state index contributed by atoms with van der Waals surface area (Å²) in [5, 5.41) is 0. The second-order valence-corrected chi connectivity index (χ2v) is 7.06. The van der Waals surface area contributed by atoms with Crippen LogP contribution in [0.15, 0.2) is 28.7 Å². The maximum atomic E-state index is 6.03. The summed E-state index contributed by atoms with van der Waals surface area (Å²) in [5.74, 6) is 2.16. The number of nitrogens with zero attached hydrogens (tertiary/aromatic N) is 1. The lowest BCUT2D eigenvalue weighted by Gasteiger charge is -2.18. The summed E-state index contributed by atoms with van der Waals surface area (Å²) < 4.78 is 6.03. The van der Waals surface area contributed by atoms with Crippen molar-refractivity contribution in [1.82, 2.24) is 4.98 Å². The molecule has 114 valence electrons. The minimum absolute atomic E-state index is 0.172. The molecule has 0 aliphatic rings. The molecular weight excluding hydrogens is 258 g/mol. The van der Waals surface area contributed by atoms with Crippen LogP contribution in [-0.2, 0) is 11.8 Å². The van der Waals surface area contributed by atoms with E-state index in [4.69, 9.17) is 9.40 Å². The minimum atomic E-state index is 0.172. The third kappa shape index (κ3) is 3.55. The Morgan fingerprint density at radius 3 is 2.19 bits per heavy atom. The zero-order chi connectivity index (χ0) is 15.6. The summed E-state index contributed by atoms with van der Waals surface area (Å²) in [6.45, 7) is 13.2. The van der Waals surface area contributed by atoms with Crippen LogP contribution in [0, 0.1) is 0 Å². The van der Waals surface area contributed by atoms with Crippen molar-refractivity contribution in [1.29, 1.82) is 0 Å². The Morgan fingerprint density at radius 1 is 1.10 bits per heavy atom. The molecule has 0 aliphatic heterocycles. The minimum Gasteiger partial charge on any atom is -0.441 e. The fraction of sp³-hybridized carbons (Fsp3) is 0.526. The molecule has 0 aliphatic carbocycles. The van der Waals surface area contributed by atoms with Crippen LogP contribution in [0.3, 0.4) is 0 Å². The van der Waals surface area contributed by atoms with E-state index in [-0.39, 0.29) is 5.41 Å². The molecule has 0 amide bonds. The highest BCUT2D eigenvalue weighted by Gasteiger charge is 2.18. The topological polar surface area (TPSA) is 26.0 Å². The van der Waals surface area contributed by atoms with Gasteiger partial charge in [0.05, 0.1) is 5.69 Å². The molecule has 0 atom stereocenters. The highest BCUT2D eigenvalue weighted by Crippen LogP contribution is 2.29. The second-order valence-electron chi connectivity index (χ2n) is 7.06. The molecule has 2 aromatic rings. The molecule has 21 heavy (non-hydrogen) atoms. The SMILES string of the molecule is CCCc1nc(-c2ccc(C(C)(C)C)cc2)oc1C(C)C. The molecule has 2 nitrogen and oxygen atoms in total. The van der Waals surface area contributed by atoms with Crippen molar-refractivity contribution in [2.45, 2.75) is 65.7 Å². The van der Waals surface area contributed by atoms with Crippen molar-refractivity contribution in [3.8, 4) is 11.5 Å². The highest BCUT2D eigenvalue weighted by atomic mass is 16.4. The van der Waals surface area contributed by atoms with Crippen molar-refractivity contribution in [2.24, 2.45) is 0 Å². The van der Waals surface area contributed by atoms with Gasteiger partial charge in [-0.05, 0) is 29.5 Å². The van der Waals surface area contributed by atoms with Crippen molar-refractivity contribution in [2.75, 3.05) is 0 Å². The van der Waals surface area contributed by atoms with E-state index < -0.39 is 0 Å². The van der Waals surface area contributed by atoms with Gasteiger partial charge in [0.1, 0.15) is 5.76 Å². The third-order valence-corrected chi connectivity index (χ3v) is 3.74. The Morgan fingerprint density at radius 2 is 1.71 bits per heavy atom. The van der Waals surface area contributed by atoms with Gasteiger partial charge in [-0.15, -0.1) is 0 Å². The molecular formula is C19H27NO. The van der Waals surface area contributed by atoms with E-state index in [0.717, 1.165) is 35.7 Å². The van der Waals surface area contributed by atoms with Gasteiger partial charge < -0.3 is 4.42 Å². The molecule has 0 N–H and O–H groups in total. The van der Waals surface area contributed by atoms with Gasteiger partial charge in [0.15, 0.2) is 0 Å². The number of rotatable bonds is 4. The van der Waals surface area contributed by atoms with E-state index in [2.05, 4.69) is 65.8 Å². The summed E-state index contributed by atoms with van der Waals surface area (Å²) in [5.41, 5.74) is 3.68. The third-order valence-electron chi connectivity index (χ3n) is 3.74. The van der Waals surface area contributed by atoms with Gasteiger partial charge in [0, 0.05) is 11.5 Å². The number of hydrogen-bond acceptors (Lipinski definition) is 2. The van der Waals surface area contributed by atoms with Crippen LogP contribution in [0.5, 0.6) is 0 Å². The highest BCUT2D eigenvalue weighted by molar-refractivity contribution is 5.55. The quantitative estimate of drug-likeness (QED) is 0.718. The van der Waals surface area contributed by atoms with Gasteiger partial charge in [-0.1, -0.05) is 60.1 Å². The lowest BCUT2D eigenvalue weighted by atomic mass is 9.87. The lowest BCUT2D eigenvalue weighted by molar-refractivity contribution is 0.490. The second kappa shape index (κ2) is 6.05. The molecule has 2 heteroatoms. The number of oxazole rings is 1. The van der Waals surface area contributed by atoms with Crippen LogP contribution in [-0.4, -0.2) is 4.98 Å². The van der Waals surface area contributed by atoms with Crippen molar-refractivity contribution < 1.29 is 4.42 Å². The Labute approximate surface area is 128 Å². The fourth-order valence-corrected chi connectivity index (χ4v) is 2.47. The Kier molecular flexibility index (Phi) is 4.55. The van der Waals surface area contributed by atoms with Gasteiger partial charge in [-0.3, -0.25) is 0 Å². The van der Waals surface area contributed by atoms with Crippen molar-refractivity contribution in [3.63, 3.8) is 0 Å². The summed E-state index contributed by atoms with van der Waals surface area (Å²) in [6, 6.07) is 8.58. The van der Waals surface area contributed by atoms with Crippen molar-refractivity contribution in [3.05, 3.63) is 41.3 Å². The predicted octanol–water partition coefficient (Wildman–Crippen LogP) is 5.72. The van der Waals surface area contributed by atoms with Gasteiger partial charge in [0.25, 0.3) is 0 Å². The molecule has 0 saturated carbocycles. The molecule has 0 radical (unpaired) electrons. The first kappa shape index (κ1) is 15.8. The average molecular weight is 285 g/mol. The van der Waals surface area contributed by atoms with Crippen LogP contribution in [0.1, 0.15) is 70.9 Å². The van der Waals surface area contributed by atoms with Gasteiger partial charge in [-0.2, -0.15) is 0 Å². The largest absolute Gasteiger partial charge is 0.441 e. The standard InChI is InChI=1S/C19H27NO/c1-7-8-16-17(13(2)3)21-18(20-16)14-9-11-15(12-10-14)19(4,5)6/h9-13H,7-8H2,1-6H3. The monoisotopic (exact) mass is 285 g/mol. The lowest BCUT2D eigenvalue weighted by Crippen LogP contribution is -2.10. The van der Waals surface area contributed by atoms with Crippen LogP contribution in [0.25, 0.3) is 11.5 Å². The van der Waals surface area contributed by atoms with E-state index in [1.54, 1.807) is 0 Å². The first-order valence-electron chi connectivity index (χ1n) is 7.93. The number of aromatic nitrogens is 1. The maximum Gasteiger partial charge on any atom is 0.226 e. The number of hydrogen-bond donors (Lipinski definition) is 0. The van der Waals surface area contributed by atoms with Crippen LogP contribution in [0.4, 0.5) is 0 Å². The molecule has 0 saturated heterocycles. The van der Waals surface area contributed by atoms with Gasteiger partial charge in [-0.25, -0.2) is 4.98 Å². The molecule has 0 spiro atoms. The number of aryl methyl sites for hydroxylation is 1. The normalized spacial score (nSPS) is 12.1. The fourth-order valence-electron chi connectivity index (χ4n) is 2.47. The van der Waals surface area contributed by atoms with Crippen LogP contribution < -0.4 is 0 Å². The van der Waals surface area contributed by atoms with E-state index in [1.807, 2.05) is 0 Å². The van der Waals surface area contributed by atoms with Crippen LogP contribution >= 0.6 is 0 Å². The predicted molar refractivity (Wildman–Crippen MR) is 88.7 cm³/mol. The summed E-state index contributed by atoms with van der Waals surface area (Å²) in [7, 11) is 0. The van der Waals surface area contributed by atoms with E-state index in [9.17, 15) is 0 Å². The number of benzene rings is 1. The van der Waals surface area contributed by atoms with Gasteiger partial charge in [0.2, 0.25) is 5.89 Å². The van der Waals surface area contributed by atoms with E-state index >= 15 is 0 Å². The van der Waals surface area contributed by atoms with E-state index in [1.165, 1.54) is 5.56 Å². The molecule has 1 aromatic carbocycles. The first-order chi connectivity index (χ1) is 9.82. The molecule has 0 unspecified atom stereocenters. The zero-order valence-corrected chi connectivity index (χ0v) is 14.2. The molecule has 2 rings (SSSR count).